The third kappa shape index (κ3) is 55.3. The van der Waals surface area contributed by atoms with Crippen LogP contribution in [-0.2, 0) is 65.4 Å². The van der Waals surface area contributed by atoms with Crippen molar-refractivity contribution >= 4 is 39.5 Å². The third-order valence-corrected chi connectivity index (χ3v) is 16.0. The lowest BCUT2D eigenvalue weighted by Crippen LogP contribution is -2.30. The summed E-state index contributed by atoms with van der Waals surface area (Å²) in [6.45, 7) is 4.75. The van der Waals surface area contributed by atoms with Crippen molar-refractivity contribution in [3.8, 4) is 0 Å². The molecule has 0 aromatic carbocycles. The Hall–Kier alpha value is -1.94. The summed E-state index contributed by atoms with van der Waals surface area (Å²) in [6, 6.07) is 0. The van der Waals surface area contributed by atoms with E-state index in [9.17, 15) is 43.2 Å². The molecule has 0 aromatic rings. The average Bonchev–Trinajstić information content (AvgIpc) is 3.43. The predicted octanol–water partition coefficient (Wildman–Crippen LogP) is 16.8. The Kier molecular flexibility index (Phi) is 54.8. The molecule has 0 aromatic heterocycles. The molecule has 0 heterocycles. The van der Waals surface area contributed by atoms with Gasteiger partial charge in [0.25, 0.3) is 0 Å². The second-order valence-corrected chi connectivity index (χ2v) is 25.0. The Balaban J connectivity index is 5.15. The van der Waals surface area contributed by atoms with E-state index < -0.39 is 97.5 Å². The zero-order valence-corrected chi connectivity index (χ0v) is 52.8. The molecule has 0 aliphatic rings. The van der Waals surface area contributed by atoms with E-state index in [-0.39, 0.29) is 25.7 Å². The first-order valence-corrected chi connectivity index (χ1v) is 35.3. The molecule has 3 N–H and O–H groups in total. The smallest absolute Gasteiger partial charge is 0.462 e. The number of hydrogen-bond acceptors (Lipinski definition) is 15. The molecule has 0 rings (SSSR count). The summed E-state index contributed by atoms with van der Waals surface area (Å²) in [7, 11) is -9.86. The Morgan fingerprint density at radius 1 is 0.300 bits per heavy atom. The highest BCUT2D eigenvalue weighted by atomic mass is 31.2. The van der Waals surface area contributed by atoms with E-state index in [1.807, 2.05) is 0 Å². The second-order valence-electron chi connectivity index (χ2n) is 22.1. The molecular formula is C61H118O17P2. The van der Waals surface area contributed by atoms with Crippen molar-refractivity contribution in [3.05, 3.63) is 0 Å². The maximum Gasteiger partial charge on any atom is 0.472 e. The standard InChI is InChI=1S/C61H118O17P2/c1-5-9-13-17-20-22-24-26-27-29-31-33-36-40-44-48-61(66)78-57(52-72-59(64)46-42-38-35-32-30-28-25-23-21-18-14-10-6-2)54-76-80(69,70)74-50-55(62)49-73-79(67,68)75-53-56(51-71-58(63)45-41-37-16-12-8-4)77-60(65)47-43-39-34-19-15-11-7-3/h55-57,62H,5-54H2,1-4H3,(H,67,68)(H,69,70)/t55-,56+,57+/m0/s1. The fourth-order valence-electron chi connectivity index (χ4n) is 9.10. The van der Waals surface area contributed by atoms with Crippen molar-refractivity contribution in [1.82, 2.24) is 0 Å². The molecule has 474 valence electrons. The van der Waals surface area contributed by atoms with Crippen LogP contribution in [0.3, 0.4) is 0 Å². The van der Waals surface area contributed by atoms with Crippen LogP contribution in [0, 0.1) is 0 Å². The van der Waals surface area contributed by atoms with Crippen molar-refractivity contribution in [2.24, 2.45) is 0 Å². The molecule has 0 aliphatic carbocycles. The third-order valence-electron chi connectivity index (χ3n) is 14.1. The minimum Gasteiger partial charge on any atom is -0.462 e. The van der Waals surface area contributed by atoms with Gasteiger partial charge >= 0.3 is 39.5 Å². The molecule has 19 heteroatoms. The lowest BCUT2D eigenvalue weighted by molar-refractivity contribution is -0.161. The van der Waals surface area contributed by atoms with E-state index in [2.05, 4.69) is 27.7 Å². The molecule has 0 bridgehead atoms. The van der Waals surface area contributed by atoms with Gasteiger partial charge in [0.2, 0.25) is 0 Å². The zero-order valence-electron chi connectivity index (χ0n) is 51.0. The fourth-order valence-corrected chi connectivity index (χ4v) is 10.7. The first-order chi connectivity index (χ1) is 38.7. The van der Waals surface area contributed by atoms with E-state index in [1.165, 1.54) is 122 Å². The molecule has 5 atom stereocenters. The van der Waals surface area contributed by atoms with Crippen molar-refractivity contribution in [2.45, 2.75) is 329 Å². The van der Waals surface area contributed by atoms with Crippen LogP contribution in [0.4, 0.5) is 0 Å². The van der Waals surface area contributed by atoms with Gasteiger partial charge in [-0.05, 0) is 25.7 Å². The number of phosphoric acid groups is 2. The van der Waals surface area contributed by atoms with E-state index in [0.717, 1.165) is 109 Å². The van der Waals surface area contributed by atoms with E-state index in [0.29, 0.717) is 25.7 Å². The largest absolute Gasteiger partial charge is 0.472 e. The molecule has 0 aliphatic heterocycles. The van der Waals surface area contributed by atoms with Gasteiger partial charge in [-0.25, -0.2) is 9.13 Å². The van der Waals surface area contributed by atoms with Crippen LogP contribution < -0.4 is 0 Å². The number of phosphoric ester groups is 2. The highest BCUT2D eigenvalue weighted by molar-refractivity contribution is 7.47. The van der Waals surface area contributed by atoms with Crippen LogP contribution in [0.15, 0.2) is 0 Å². The highest BCUT2D eigenvalue weighted by Gasteiger charge is 2.30. The summed E-state index contributed by atoms with van der Waals surface area (Å²) in [6.07, 6.45) is 40.8. The number of aliphatic hydroxyl groups is 1. The lowest BCUT2D eigenvalue weighted by Gasteiger charge is -2.21. The average molecular weight is 1190 g/mol. The number of aliphatic hydroxyl groups excluding tert-OH is 1. The Morgan fingerprint density at radius 3 is 0.738 bits per heavy atom. The van der Waals surface area contributed by atoms with Gasteiger partial charge < -0.3 is 33.8 Å². The van der Waals surface area contributed by atoms with Crippen LogP contribution in [0.2, 0.25) is 0 Å². The van der Waals surface area contributed by atoms with Crippen LogP contribution in [0.1, 0.15) is 310 Å². The maximum atomic E-state index is 12.9. The number of rotatable bonds is 62. The number of carbonyl (C=O) groups excluding carboxylic acids is 4. The number of ether oxygens (including phenoxy) is 4. The van der Waals surface area contributed by atoms with Crippen LogP contribution in [-0.4, -0.2) is 96.7 Å². The maximum absolute atomic E-state index is 12.9. The topological polar surface area (TPSA) is 237 Å². The molecule has 80 heavy (non-hydrogen) atoms. The molecule has 0 fully saturated rings. The zero-order chi connectivity index (χ0) is 59.1. The quantitative estimate of drug-likeness (QED) is 0.0222. The second kappa shape index (κ2) is 56.2. The summed E-state index contributed by atoms with van der Waals surface area (Å²) in [5.41, 5.74) is 0. The van der Waals surface area contributed by atoms with E-state index >= 15 is 0 Å². The summed E-state index contributed by atoms with van der Waals surface area (Å²) < 4.78 is 67.6. The number of hydrogen-bond donors (Lipinski definition) is 3. The van der Waals surface area contributed by atoms with E-state index in [4.69, 9.17) is 37.0 Å². The van der Waals surface area contributed by atoms with Gasteiger partial charge in [-0.2, -0.15) is 0 Å². The molecule has 0 amide bonds. The Labute approximate surface area is 486 Å². The minimum atomic E-state index is -4.94. The van der Waals surface area contributed by atoms with Gasteiger partial charge in [-0.1, -0.05) is 259 Å². The summed E-state index contributed by atoms with van der Waals surface area (Å²) >= 11 is 0. The molecule has 17 nitrogen and oxygen atoms in total. The van der Waals surface area contributed by atoms with Gasteiger partial charge in [0.15, 0.2) is 12.2 Å². The van der Waals surface area contributed by atoms with Gasteiger partial charge in [0, 0.05) is 25.7 Å². The SMILES string of the molecule is CCCCCCCCCCCCCCCCCC(=O)O[C@H](COC(=O)CCCCCCCCCCCCCCC)COP(=O)(O)OC[C@@H](O)COP(=O)(O)OC[C@@H](COC(=O)CCCCCCC)OC(=O)CCCCCCCCC. The summed E-state index contributed by atoms with van der Waals surface area (Å²) in [5, 5.41) is 10.5. The first kappa shape index (κ1) is 78.1. The predicted molar refractivity (Wildman–Crippen MR) is 317 cm³/mol. The molecule has 0 saturated carbocycles. The molecule has 0 radical (unpaired) electrons. The van der Waals surface area contributed by atoms with Crippen LogP contribution in [0.25, 0.3) is 0 Å². The summed E-state index contributed by atoms with van der Waals surface area (Å²) in [4.78, 5) is 71.7. The lowest BCUT2D eigenvalue weighted by atomic mass is 10.0. The normalized spacial score (nSPS) is 14.2. The van der Waals surface area contributed by atoms with Crippen molar-refractivity contribution in [2.75, 3.05) is 39.6 Å². The molecular weight excluding hydrogens is 1070 g/mol. The highest BCUT2D eigenvalue weighted by Crippen LogP contribution is 2.45. The van der Waals surface area contributed by atoms with Gasteiger partial charge in [-0.3, -0.25) is 37.3 Å². The van der Waals surface area contributed by atoms with E-state index in [1.54, 1.807) is 0 Å². The first-order valence-electron chi connectivity index (χ1n) is 32.3. The Bertz CT molecular complexity index is 1550. The van der Waals surface area contributed by atoms with Crippen molar-refractivity contribution in [3.63, 3.8) is 0 Å². The van der Waals surface area contributed by atoms with Crippen LogP contribution >= 0.6 is 15.6 Å². The molecule has 0 saturated heterocycles. The van der Waals surface area contributed by atoms with Crippen LogP contribution in [0.5, 0.6) is 0 Å². The van der Waals surface area contributed by atoms with Gasteiger partial charge in [0.1, 0.15) is 19.3 Å². The van der Waals surface area contributed by atoms with Gasteiger partial charge in [0.05, 0.1) is 26.4 Å². The van der Waals surface area contributed by atoms with Crippen molar-refractivity contribution < 1.29 is 80.2 Å². The Morgan fingerprint density at radius 2 is 0.500 bits per heavy atom. The van der Waals surface area contributed by atoms with Crippen molar-refractivity contribution in [1.29, 1.82) is 0 Å². The number of esters is 4. The molecule has 2 unspecified atom stereocenters. The minimum absolute atomic E-state index is 0.103. The summed E-state index contributed by atoms with van der Waals surface area (Å²) in [5.74, 6) is -2.15. The monoisotopic (exact) mass is 1180 g/mol. The molecule has 0 spiro atoms. The number of unbranched alkanes of at least 4 members (excludes halogenated alkanes) is 36. The number of carbonyl (C=O) groups is 4. The fraction of sp³-hybridized carbons (Fsp3) is 0.934. The van der Waals surface area contributed by atoms with Gasteiger partial charge in [-0.15, -0.1) is 0 Å².